The van der Waals surface area contributed by atoms with Crippen LogP contribution in [0.4, 0.5) is 4.39 Å². The van der Waals surface area contributed by atoms with E-state index in [1.54, 1.807) is 54.6 Å². The topological polar surface area (TPSA) is 35.5 Å². The molecular formula is C22H19FO3. The van der Waals surface area contributed by atoms with Gasteiger partial charge in [0, 0.05) is 0 Å². The van der Waals surface area contributed by atoms with Crippen LogP contribution >= 0.6 is 0 Å². The van der Waals surface area contributed by atoms with Gasteiger partial charge in [0.1, 0.15) is 19.0 Å². The quantitative estimate of drug-likeness (QED) is 0.554. The Hall–Kier alpha value is -3.14. The molecule has 0 saturated carbocycles. The van der Waals surface area contributed by atoms with Gasteiger partial charge in [-0.3, -0.25) is 0 Å². The molecule has 0 aliphatic carbocycles. The second-order valence-corrected chi connectivity index (χ2v) is 5.76. The van der Waals surface area contributed by atoms with Crippen molar-refractivity contribution in [2.75, 3.05) is 6.67 Å². The summed E-state index contributed by atoms with van der Waals surface area (Å²) in [6.07, 6.45) is -0.939. The molecule has 0 aliphatic rings. The van der Waals surface area contributed by atoms with Gasteiger partial charge in [-0.2, -0.15) is 0 Å². The zero-order chi connectivity index (χ0) is 18.2. The monoisotopic (exact) mass is 350 g/mol. The van der Waals surface area contributed by atoms with E-state index in [9.17, 15) is 9.18 Å². The fourth-order valence-electron chi connectivity index (χ4n) is 2.48. The zero-order valence-corrected chi connectivity index (χ0v) is 14.2. The Morgan fingerprint density at radius 1 is 0.846 bits per heavy atom. The Balaban J connectivity index is 1.61. The van der Waals surface area contributed by atoms with Crippen molar-refractivity contribution in [3.8, 4) is 5.75 Å². The van der Waals surface area contributed by atoms with Crippen LogP contribution in [0, 0.1) is 0 Å². The minimum Gasteiger partial charge on any atom is -0.489 e. The number of halogens is 1. The van der Waals surface area contributed by atoms with Gasteiger partial charge in [-0.25, -0.2) is 9.18 Å². The fourth-order valence-corrected chi connectivity index (χ4v) is 2.48. The summed E-state index contributed by atoms with van der Waals surface area (Å²) in [6.45, 7) is -0.335. The first kappa shape index (κ1) is 17.7. The number of esters is 1. The third kappa shape index (κ3) is 4.70. The number of hydrogen-bond acceptors (Lipinski definition) is 3. The molecule has 3 rings (SSSR count). The van der Waals surface area contributed by atoms with E-state index in [1.807, 2.05) is 30.3 Å². The van der Waals surface area contributed by atoms with Gasteiger partial charge in [0.25, 0.3) is 0 Å². The maximum absolute atomic E-state index is 13.4. The molecule has 0 N–H and O–H groups in total. The van der Waals surface area contributed by atoms with Crippen molar-refractivity contribution in [2.24, 2.45) is 0 Å². The second kappa shape index (κ2) is 8.81. The van der Waals surface area contributed by atoms with Gasteiger partial charge in [0.2, 0.25) is 0 Å². The normalized spacial score (nSPS) is 11.6. The van der Waals surface area contributed by atoms with Crippen LogP contribution < -0.4 is 4.74 Å². The molecule has 132 valence electrons. The van der Waals surface area contributed by atoms with Crippen LogP contribution in [-0.4, -0.2) is 12.6 Å². The van der Waals surface area contributed by atoms with Crippen LogP contribution in [0.3, 0.4) is 0 Å². The minimum absolute atomic E-state index is 0.397. The van der Waals surface area contributed by atoms with E-state index >= 15 is 0 Å². The standard InChI is InChI=1S/C22H19FO3/c23-15-21(26-22(24)19-9-5-2-6-10-19)18-11-13-20(14-12-18)25-16-17-7-3-1-4-8-17/h1-14,21H,15-16H2/t21-/m1/s1. The summed E-state index contributed by atoms with van der Waals surface area (Å²) in [5.74, 6) is 0.127. The van der Waals surface area contributed by atoms with Gasteiger partial charge < -0.3 is 9.47 Å². The maximum Gasteiger partial charge on any atom is 0.338 e. The molecule has 0 fully saturated rings. The van der Waals surface area contributed by atoms with Crippen LogP contribution in [0.15, 0.2) is 84.9 Å². The molecular weight excluding hydrogens is 331 g/mol. The zero-order valence-electron chi connectivity index (χ0n) is 14.2. The molecule has 0 heterocycles. The largest absolute Gasteiger partial charge is 0.489 e. The van der Waals surface area contributed by atoms with Crippen molar-refractivity contribution in [3.05, 3.63) is 102 Å². The van der Waals surface area contributed by atoms with Gasteiger partial charge in [0.15, 0.2) is 6.10 Å². The highest BCUT2D eigenvalue weighted by Gasteiger charge is 2.18. The first-order valence-corrected chi connectivity index (χ1v) is 8.35. The SMILES string of the molecule is O=C(O[C@H](CF)c1ccc(OCc2ccccc2)cc1)c1ccccc1. The maximum atomic E-state index is 13.4. The fraction of sp³-hybridized carbons (Fsp3) is 0.136. The van der Waals surface area contributed by atoms with Gasteiger partial charge in [-0.1, -0.05) is 60.7 Å². The first-order valence-electron chi connectivity index (χ1n) is 8.35. The van der Waals surface area contributed by atoms with Gasteiger partial charge in [-0.15, -0.1) is 0 Å². The third-order valence-corrected chi connectivity index (χ3v) is 3.90. The molecule has 0 unspecified atom stereocenters. The van der Waals surface area contributed by atoms with Crippen molar-refractivity contribution < 1.29 is 18.7 Å². The molecule has 3 nitrogen and oxygen atoms in total. The predicted molar refractivity (Wildman–Crippen MR) is 97.8 cm³/mol. The van der Waals surface area contributed by atoms with Gasteiger partial charge in [-0.05, 0) is 35.4 Å². The Morgan fingerprint density at radius 3 is 2.08 bits per heavy atom. The smallest absolute Gasteiger partial charge is 0.338 e. The van der Waals surface area contributed by atoms with Crippen molar-refractivity contribution in [1.82, 2.24) is 0 Å². The molecule has 1 atom stereocenters. The van der Waals surface area contributed by atoms with Gasteiger partial charge in [0.05, 0.1) is 5.56 Å². The molecule has 0 amide bonds. The van der Waals surface area contributed by atoms with Crippen LogP contribution in [0.5, 0.6) is 5.75 Å². The number of alkyl halides is 1. The number of hydrogen-bond donors (Lipinski definition) is 0. The van der Waals surface area contributed by atoms with E-state index in [4.69, 9.17) is 9.47 Å². The lowest BCUT2D eigenvalue weighted by molar-refractivity contribution is 0.0234. The molecule has 0 bridgehead atoms. The average Bonchev–Trinajstić information content (AvgIpc) is 2.72. The molecule has 4 heteroatoms. The first-order chi connectivity index (χ1) is 12.8. The van der Waals surface area contributed by atoms with E-state index in [0.29, 0.717) is 23.5 Å². The Bertz CT molecular complexity index is 817. The molecule has 0 saturated heterocycles. The summed E-state index contributed by atoms with van der Waals surface area (Å²) in [6, 6.07) is 25.3. The summed E-state index contributed by atoms with van der Waals surface area (Å²) in [5, 5.41) is 0. The second-order valence-electron chi connectivity index (χ2n) is 5.76. The molecule has 0 aliphatic heterocycles. The van der Waals surface area contributed by atoms with E-state index in [-0.39, 0.29) is 0 Å². The Kier molecular flexibility index (Phi) is 5.99. The lowest BCUT2D eigenvalue weighted by atomic mass is 10.1. The van der Waals surface area contributed by atoms with Crippen molar-refractivity contribution in [2.45, 2.75) is 12.7 Å². The summed E-state index contributed by atoms with van der Waals surface area (Å²) < 4.78 is 24.4. The van der Waals surface area contributed by atoms with Crippen molar-refractivity contribution in [3.63, 3.8) is 0 Å². The van der Waals surface area contributed by atoms with Crippen LogP contribution in [0.1, 0.15) is 27.6 Å². The highest BCUT2D eigenvalue weighted by atomic mass is 19.1. The number of ether oxygens (including phenoxy) is 2. The number of carbonyl (C=O) groups excluding carboxylic acids is 1. The molecule has 26 heavy (non-hydrogen) atoms. The summed E-state index contributed by atoms with van der Waals surface area (Å²) in [5.41, 5.74) is 2.05. The predicted octanol–water partition coefficient (Wildman–Crippen LogP) is 5.13. The molecule has 0 aromatic heterocycles. The van der Waals surface area contributed by atoms with Crippen molar-refractivity contribution in [1.29, 1.82) is 0 Å². The molecule has 0 radical (unpaired) electrons. The van der Waals surface area contributed by atoms with Crippen molar-refractivity contribution >= 4 is 5.97 Å². The minimum atomic E-state index is -0.939. The number of benzene rings is 3. The van der Waals surface area contributed by atoms with E-state index in [0.717, 1.165) is 5.56 Å². The molecule has 3 aromatic rings. The summed E-state index contributed by atoms with van der Waals surface area (Å²) in [4.78, 5) is 12.1. The Labute approximate surface area is 152 Å². The third-order valence-electron chi connectivity index (χ3n) is 3.90. The van der Waals surface area contributed by atoms with E-state index in [2.05, 4.69) is 0 Å². The summed E-state index contributed by atoms with van der Waals surface area (Å²) >= 11 is 0. The lowest BCUT2D eigenvalue weighted by Crippen LogP contribution is -2.13. The molecule has 3 aromatic carbocycles. The Morgan fingerprint density at radius 2 is 1.46 bits per heavy atom. The molecule has 0 spiro atoms. The van der Waals surface area contributed by atoms with E-state index < -0.39 is 18.7 Å². The van der Waals surface area contributed by atoms with E-state index in [1.165, 1.54) is 0 Å². The average molecular weight is 350 g/mol. The van der Waals surface area contributed by atoms with Crippen LogP contribution in [0.2, 0.25) is 0 Å². The van der Waals surface area contributed by atoms with Gasteiger partial charge >= 0.3 is 5.97 Å². The number of carbonyl (C=O) groups is 1. The highest BCUT2D eigenvalue weighted by molar-refractivity contribution is 5.89. The van der Waals surface area contributed by atoms with Crippen LogP contribution in [0.25, 0.3) is 0 Å². The lowest BCUT2D eigenvalue weighted by Gasteiger charge is -2.16. The number of rotatable bonds is 7. The summed E-state index contributed by atoms with van der Waals surface area (Å²) in [7, 11) is 0. The highest BCUT2D eigenvalue weighted by Crippen LogP contribution is 2.23. The van der Waals surface area contributed by atoms with Crippen LogP contribution in [-0.2, 0) is 11.3 Å².